The zero-order valence-corrected chi connectivity index (χ0v) is 19.3. The van der Waals surface area contributed by atoms with Crippen molar-refractivity contribution in [2.24, 2.45) is 0 Å². The zero-order chi connectivity index (χ0) is 20.0. The summed E-state index contributed by atoms with van der Waals surface area (Å²) in [6.45, 7) is 11.2. The number of nitrogens with zero attached hydrogens (tertiary/aromatic N) is 1. The number of sulfonamides is 1. The third-order valence-corrected chi connectivity index (χ3v) is 7.72. The smallest absolute Gasteiger partial charge is 0.251 e. The van der Waals surface area contributed by atoms with Crippen molar-refractivity contribution in [3.05, 3.63) is 39.8 Å². The summed E-state index contributed by atoms with van der Waals surface area (Å²) < 4.78 is 28.1. The van der Waals surface area contributed by atoms with Gasteiger partial charge in [0.15, 0.2) is 0 Å². The second kappa shape index (κ2) is 11.1. The molecule has 0 saturated carbocycles. The summed E-state index contributed by atoms with van der Waals surface area (Å²) in [5.74, 6) is 0. The van der Waals surface area contributed by atoms with Gasteiger partial charge < -0.3 is 9.88 Å². The van der Waals surface area contributed by atoms with Crippen molar-refractivity contribution in [1.82, 2.24) is 14.6 Å². The predicted octanol–water partition coefficient (Wildman–Crippen LogP) is 3.41. The molecule has 2 heterocycles. The van der Waals surface area contributed by atoms with Gasteiger partial charge in [-0.15, -0.1) is 23.7 Å². The van der Waals surface area contributed by atoms with Crippen LogP contribution in [-0.2, 0) is 16.4 Å². The lowest BCUT2D eigenvalue weighted by molar-refractivity contribution is 0.300. The van der Waals surface area contributed by atoms with Gasteiger partial charge in [-0.2, -0.15) is 0 Å². The summed E-state index contributed by atoms with van der Waals surface area (Å²) in [4.78, 5) is 17.8. The first-order valence-corrected chi connectivity index (χ1v) is 11.7. The highest BCUT2D eigenvalue weighted by molar-refractivity contribution is 7.91. The number of aromatic amines is 1. The number of thiophene rings is 1. The van der Waals surface area contributed by atoms with Crippen LogP contribution in [0.5, 0.6) is 0 Å². The van der Waals surface area contributed by atoms with Gasteiger partial charge in [-0.3, -0.25) is 4.79 Å². The highest BCUT2D eigenvalue weighted by atomic mass is 35.5. The Hall–Kier alpha value is -1.19. The molecule has 0 atom stereocenters. The molecule has 158 valence electrons. The Morgan fingerprint density at radius 2 is 1.86 bits per heavy atom. The third kappa shape index (κ3) is 6.15. The fourth-order valence-corrected chi connectivity index (χ4v) is 5.41. The first kappa shape index (κ1) is 24.8. The lowest BCUT2D eigenvalue weighted by atomic mass is 10.1. The SMILES string of the molecule is CCc1cc(-c2ccc(S(=O)(=O)NCCCN(CC)CC)s2)c(C)[nH]c1=O.Cl. The fraction of sp³-hybridized carbons (Fsp3) is 0.526. The standard InChI is InChI=1S/C19H29N3O3S2.ClH/c1-5-15-13-16(14(4)21-19(15)23)17-9-10-18(26-17)27(24,25)20-11-8-12-22(6-2)7-3;/h9-10,13,20H,5-8,11-12H2,1-4H3,(H,21,23);1H. The van der Waals surface area contributed by atoms with Gasteiger partial charge in [-0.25, -0.2) is 13.1 Å². The van der Waals surface area contributed by atoms with Crippen molar-refractivity contribution in [3.63, 3.8) is 0 Å². The number of H-pyrrole nitrogens is 1. The minimum absolute atomic E-state index is 0. The van der Waals surface area contributed by atoms with Gasteiger partial charge >= 0.3 is 0 Å². The molecular formula is C19H30ClN3O3S2. The van der Waals surface area contributed by atoms with E-state index in [0.29, 0.717) is 22.7 Å². The second-order valence-electron chi connectivity index (χ2n) is 6.41. The van der Waals surface area contributed by atoms with E-state index < -0.39 is 10.0 Å². The summed E-state index contributed by atoms with van der Waals surface area (Å²) in [5.41, 5.74) is 2.23. The van der Waals surface area contributed by atoms with Crippen molar-refractivity contribution in [3.8, 4) is 10.4 Å². The van der Waals surface area contributed by atoms with Crippen LogP contribution in [0.2, 0.25) is 0 Å². The van der Waals surface area contributed by atoms with E-state index in [1.165, 1.54) is 11.3 Å². The summed E-state index contributed by atoms with van der Waals surface area (Å²) in [6.07, 6.45) is 1.41. The Balaban J connectivity index is 0.00000392. The summed E-state index contributed by atoms with van der Waals surface area (Å²) in [6, 6.07) is 5.28. The van der Waals surface area contributed by atoms with Crippen molar-refractivity contribution in [1.29, 1.82) is 0 Å². The first-order valence-electron chi connectivity index (χ1n) is 9.37. The molecule has 2 N–H and O–H groups in total. The summed E-state index contributed by atoms with van der Waals surface area (Å²) in [7, 11) is -3.52. The van der Waals surface area contributed by atoms with Crippen LogP contribution in [0.25, 0.3) is 10.4 Å². The van der Waals surface area contributed by atoms with E-state index in [9.17, 15) is 13.2 Å². The van der Waals surface area contributed by atoms with Crippen molar-refractivity contribution >= 4 is 33.8 Å². The lowest BCUT2D eigenvalue weighted by Crippen LogP contribution is -2.29. The first-order chi connectivity index (χ1) is 12.8. The van der Waals surface area contributed by atoms with Gasteiger partial charge in [-0.05, 0) is 57.6 Å². The Kier molecular flexibility index (Phi) is 9.86. The highest BCUT2D eigenvalue weighted by Crippen LogP contribution is 2.32. The van der Waals surface area contributed by atoms with E-state index in [0.717, 1.165) is 42.2 Å². The minimum atomic E-state index is -3.52. The number of rotatable bonds is 10. The van der Waals surface area contributed by atoms with Gasteiger partial charge in [0.25, 0.3) is 5.56 Å². The fourth-order valence-electron chi connectivity index (χ4n) is 2.91. The van der Waals surface area contributed by atoms with Gasteiger partial charge in [0.05, 0.1) is 0 Å². The molecule has 2 rings (SSSR count). The maximum Gasteiger partial charge on any atom is 0.251 e. The molecule has 0 spiro atoms. The molecular weight excluding hydrogens is 418 g/mol. The third-order valence-electron chi connectivity index (χ3n) is 4.65. The monoisotopic (exact) mass is 447 g/mol. The van der Waals surface area contributed by atoms with Crippen LogP contribution < -0.4 is 10.3 Å². The number of nitrogens with one attached hydrogen (secondary N) is 2. The topological polar surface area (TPSA) is 82.3 Å². The van der Waals surface area contributed by atoms with Gasteiger partial charge in [0.1, 0.15) is 4.21 Å². The largest absolute Gasteiger partial charge is 0.326 e. The molecule has 0 aliphatic rings. The number of aromatic nitrogens is 1. The van der Waals surface area contributed by atoms with Gasteiger partial charge in [0, 0.05) is 28.2 Å². The van der Waals surface area contributed by atoms with Gasteiger partial charge in [0.2, 0.25) is 10.0 Å². The van der Waals surface area contributed by atoms with Crippen LogP contribution >= 0.6 is 23.7 Å². The molecule has 0 aliphatic heterocycles. The molecule has 6 nitrogen and oxygen atoms in total. The van der Waals surface area contributed by atoms with E-state index in [4.69, 9.17) is 0 Å². The van der Waals surface area contributed by atoms with Crippen molar-refractivity contribution in [2.75, 3.05) is 26.2 Å². The van der Waals surface area contributed by atoms with E-state index in [1.807, 2.05) is 19.9 Å². The van der Waals surface area contributed by atoms with Crippen LogP contribution in [0, 0.1) is 6.92 Å². The number of hydrogen-bond donors (Lipinski definition) is 2. The molecule has 0 amide bonds. The van der Waals surface area contributed by atoms with E-state index in [1.54, 1.807) is 12.1 Å². The Morgan fingerprint density at radius 1 is 1.18 bits per heavy atom. The Labute approximate surface area is 177 Å². The number of halogens is 1. The average molecular weight is 448 g/mol. The molecule has 0 aliphatic carbocycles. The molecule has 0 fully saturated rings. The predicted molar refractivity (Wildman–Crippen MR) is 119 cm³/mol. The maximum absolute atomic E-state index is 12.6. The van der Waals surface area contributed by atoms with Gasteiger partial charge in [-0.1, -0.05) is 20.8 Å². The molecule has 0 saturated heterocycles. The summed E-state index contributed by atoms with van der Waals surface area (Å²) >= 11 is 1.22. The van der Waals surface area contributed by atoms with Crippen LogP contribution in [0.3, 0.4) is 0 Å². The van der Waals surface area contributed by atoms with Crippen molar-refractivity contribution < 1.29 is 8.42 Å². The lowest BCUT2D eigenvalue weighted by Gasteiger charge is -2.17. The Morgan fingerprint density at radius 3 is 2.46 bits per heavy atom. The summed E-state index contributed by atoms with van der Waals surface area (Å²) in [5, 5.41) is 0. The number of hydrogen-bond acceptors (Lipinski definition) is 5. The minimum Gasteiger partial charge on any atom is -0.326 e. The molecule has 0 radical (unpaired) electrons. The Bertz CT molecular complexity index is 919. The quantitative estimate of drug-likeness (QED) is 0.547. The molecule has 0 aromatic carbocycles. The van der Waals surface area contributed by atoms with Crippen LogP contribution in [0.1, 0.15) is 38.4 Å². The number of pyridine rings is 1. The molecule has 9 heteroatoms. The maximum atomic E-state index is 12.6. The normalized spacial score (nSPS) is 11.6. The zero-order valence-electron chi connectivity index (χ0n) is 16.9. The molecule has 2 aromatic rings. The van der Waals surface area contributed by atoms with E-state index in [2.05, 4.69) is 28.5 Å². The molecule has 0 bridgehead atoms. The van der Waals surface area contributed by atoms with E-state index >= 15 is 0 Å². The van der Waals surface area contributed by atoms with Crippen molar-refractivity contribution in [2.45, 2.75) is 44.7 Å². The second-order valence-corrected chi connectivity index (χ2v) is 9.49. The molecule has 28 heavy (non-hydrogen) atoms. The van der Waals surface area contributed by atoms with Crippen LogP contribution in [-0.4, -0.2) is 44.5 Å². The average Bonchev–Trinajstić information content (AvgIpc) is 3.13. The molecule has 2 aromatic heterocycles. The van der Waals surface area contributed by atoms with Crippen LogP contribution in [0.15, 0.2) is 27.2 Å². The van der Waals surface area contributed by atoms with E-state index in [-0.39, 0.29) is 18.0 Å². The molecule has 0 unspecified atom stereocenters. The number of aryl methyl sites for hydroxylation is 2. The highest BCUT2D eigenvalue weighted by Gasteiger charge is 2.18. The van der Waals surface area contributed by atoms with Crippen LogP contribution in [0.4, 0.5) is 0 Å².